The Morgan fingerprint density at radius 1 is 1.43 bits per heavy atom. The summed E-state index contributed by atoms with van der Waals surface area (Å²) in [4.78, 5) is 18.7. The third kappa shape index (κ3) is 4.16. The van der Waals surface area contributed by atoms with Gasteiger partial charge in [0.25, 0.3) is 0 Å². The first-order chi connectivity index (χ1) is 11.1. The molecule has 1 aliphatic rings. The fourth-order valence-corrected chi connectivity index (χ4v) is 3.49. The van der Waals surface area contributed by atoms with Gasteiger partial charge in [-0.25, -0.2) is 4.98 Å². The van der Waals surface area contributed by atoms with E-state index in [4.69, 9.17) is 5.11 Å². The standard InChI is InChI=1S/C17H21N3O2S/c1-12-2-4-14(5-3-12)15-11-23-17(18-15)19-16(22)9-20-7-6-13(8-20)10-21/h2-5,11,13,21H,6-10H2,1H3,(H,18,19,22). The van der Waals surface area contributed by atoms with Crippen LogP contribution in [0.4, 0.5) is 5.13 Å². The number of thiazole rings is 1. The van der Waals surface area contributed by atoms with Crippen LogP contribution in [0.1, 0.15) is 12.0 Å². The molecule has 0 spiro atoms. The topological polar surface area (TPSA) is 65.5 Å². The molecule has 122 valence electrons. The number of carbonyl (C=O) groups excluding carboxylic acids is 1. The van der Waals surface area contributed by atoms with E-state index < -0.39 is 0 Å². The van der Waals surface area contributed by atoms with E-state index >= 15 is 0 Å². The number of anilines is 1. The molecule has 1 aliphatic heterocycles. The third-order valence-corrected chi connectivity index (χ3v) is 4.85. The minimum Gasteiger partial charge on any atom is -0.396 e. The monoisotopic (exact) mass is 331 g/mol. The zero-order valence-electron chi connectivity index (χ0n) is 13.2. The number of likely N-dealkylation sites (tertiary alicyclic amines) is 1. The molecule has 2 N–H and O–H groups in total. The van der Waals surface area contributed by atoms with Gasteiger partial charge in [0, 0.05) is 24.1 Å². The first kappa shape index (κ1) is 16.1. The zero-order valence-corrected chi connectivity index (χ0v) is 14.0. The van der Waals surface area contributed by atoms with Crippen LogP contribution in [0.2, 0.25) is 0 Å². The summed E-state index contributed by atoms with van der Waals surface area (Å²) < 4.78 is 0. The van der Waals surface area contributed by atoms with Crippen molar-refractivity contribution in [2.45, 2.75) is 13.3 Å². The number of hydrogen-bond donors (Lipinski definition) is 2. The molecule has 1 aromatic heterocycles. The molecule has 1 atom stereocenters. The Hall–Kier alpha value is -1.76. The van der Waals surface area contributed by atoms with Gasteiger partial charge < -0.3 is 10.4 Å². The summed E-state index contributed by atoms with van der Waals surface area (Å²) in [7, 11) is 0. The summed E-state index contributed by atoms with van der Waals surface area (Å²) in [6.07, 6.45) is 0.957. The molecule has 1 aromatic carbocycles. The van der Waals surface area contributed by atoms with E-state index in [9.17, 15) is 4.79 Å². The number of amides is 1. The summed E-state index contributed by atoms with van der Waals surface area (Å²) in [5.74, 6) is 0.254. The van der Waals surface area contributed by atoms with Gasteiger partial charge in [-0.1, -0.05) is 29.8 Å². The lowest BCUT2D eigenvalue weighted by molar-refractivity contribution is -0.117. The number of carbonyl (C=O) groups is 1. The number of aromatic nitrogens is 1. The second kappa shape index (κ2) is 7.21. The van der Waals surface area contributed by atoms with Crippen LogP contribution in [0.5, 0.6) is 0 Å². The van der Waals surface area contributed by atoms with Gasteiger partial charge in [-0.3, -0.25) is 9.69 Å². The van der Waals surface area contributed by atoms with Gasteiger partial charge in [-0.15, -0.1) is 11.3 Å². The van der Waals surface area contributed by atoms with Gasteiger partial charge in [0.05, 0.1) is 12.2 Å². The van der Waals surface area contributed by atoms with E-state index in [1.165, 1.54) is 16.9 Å². The number of nitrogens with zero attached hydrogens (tertiary/aromatic N) is 2. The second-order valence-electron chi connectivity index (χ2n) is 6.02. The zero-order chi connectivity index (χ0) is 16.2. The average Bonchev–Trinajstić information content (AvgIpc) is 3.17. The highest BCUT2D eigenvalue weighted by atomic mass is 32.1. The average molecular weight is 331 g/mol. The molecule has 0 aliphatic carbocycles. The lowest BCUT2D eigenvalue weighted by Gasteiger charge is -2.14. The Labute approximate surface area is 140 Å². The maximum atomic E-state index is 12.1. The van der Waals surface area contributed by atoms with Gasteiger partial charge >= 0.3 is 0 Å². The van der Waals surface area contributed by atoms with Crippen LogP contribution in [0.3, 0.4) is 0 Å². The molecule has 0 radical (unpaired) electrons. The molecule has 5 nitrogen and oxygen atoms in total. The quantitative estimate of drug-likeness (QED) is 0.883. The molecule has 1 fully saturated rings. The largest absolute Gasteiger partial charge is 0.396 e. The molecule has 6 heteroatoms. The van der Waals surface area contributed by atoms with Crippen molar-refractivity contribution in [3.8, 4) is 11.3 Å². The highest BCUT2D eigenvalue weighted by Crippen LogP contribution is 2.25. The molecule has 3 rings (SSSR count). The number of aryl methyl sites for hydroxylation is 1. The second-order valence-corrected chi connectivity index (χ2v) is 6.88. The normalized spacial score (nSPS) is 18.3. The number of rotatable bonds is 5. The van der Waals surface area contributed by atoms with Gasteiger partial charge in [0.15, 0.2) is 5.13 Å². The van der Waals surface area contributed by atoms with E-state index in [-0.39, 0.29) is 12.5 Å². The maximum absolute atomic E-state index is 12.1. The van der Waals surface area contributed by atoms with Crippen molar-refractivity contribution in [3.05, 3.63) is 35.2 Å². The molecule has 1 unspecified atom stereocenters. The van der Waals surface area contributed by atoms with Gasteiger partial charge in [-0.2, -0.15) is 0 Å². The van der Waals surface area contributed by atoms with Gasteiger partial charge in [-0.05, 0) is 25.8 Å². The Kier molecular flexibility index (Phi) is 5.05. The van der Waals surface area contributed by atoms with Crippen LogP contribution in [0.25, 0.3) is 11.3 Å². The fourth-order valence-electron chi connectivity index (χ4n) is 2.76. The first-order valence-electron chi connectivity index (χ1n) is 7.79. The molecule has 2 aromatic rings. The van der Waals surface area contributed by atoms with Crippen molar-refractivity contribution in [1.29, 1.82) is 0 Å². The van der Waals surface area contributed by atoms with Crippen LogP contribution in [-0.4, -0.2) is 47.1 Å². The number of nitrogens with one attached hydrogen (secondary N) is 1. The minimum atomic E-state index is -0.0478. The Morgan fingerprint density at radius 2 is 2.22 bits per heavy atom. The Morgan fingerprint density at radius 3 is 2.91 bits per heavy atom. The highest BCUT2D eigenvalue weighted by Gasteiger charge is 2.23. The molecular weight excluding hydrogens is 310 g/mol. The molecule has 0 bridgehead atoms. The third-order valence-electron chi connectivity index (χ3n) is 4.09. The Bertz CT molecular complexity index is 669. The van der Waals surface area contributed by atoms with Crippen LogP contribution in [-0.2, 0) is 4.79 Å². The number of benzene rings is 1. The molecular formula is C17H21N3O2S. The predicted octanol–water partition coefficient (Wildman–Crippen LogP) is 2.37. The molecule has 2 heterocycles. The molecule has 1 amide bonds. The molecule has 0 saturated carbocycles. The SMILES string of the molecule is Cc1ccc(-c2csc(NC(=O)CN3CCC(CO)C3)n2)cc1. The van der Waals surface area contributed by atoms with Crippen molar-refractivity contribution in [2.75, 3.05) is 31.6 Å². The van der Waals surface area contributed by atoms with Crippen molar-refractivity contribution in [2.24, 2.45) is 5.92 Å². The Balaban J connectivity index is 1.56. The number of aliphatic hydroxyl groups excluding tert-OH is 1. The van der Waals surface area contributed by atoms with Crippen LogP contribution < -0.4 is 5.32 Å². The van der Waals surface area contributed by atoms with Gasteiger partial charge in [0.1, 0.15) is 0 Å². The minimum absolute atomic E-state index is 0.0478. The first-order valence-corrected chi connectivity index (χ1v) is 8.67. The van der Waals surface area contributed by atoms with Crippen molar-refractivity contribution < 1.29 is 9.90 Å². The summed E-state index contributed by atoms with van der Waals surface area (Å²) in [6.45, 7) is 4.26. The van der Waals surface area contributed by atoms with Crippen LogP contribution in [0, 0.1) is 12.8 Å². The maximum Gasteiger partial charge on any atom is 0.240 e. The molecule has 1 saturated heterocycles. The smallest absolute Gasteiger partial charge is 0.240 e. The summed E-state index contributed by atoms with van der Waals surface area (Å²) in [5.41, 5.74) is 3.15. The van der Waals surface area contributed by atoms with Crippen molar-refractivity contribution in [1.82, 2.24) is 9.88 Å². The van der Waals surface area contributed by atoms with Crippen molar-refractivity contribution >= 4 is 22.4 Å². The number of aliphatic hydroxyl groups is 1. The van der Waals surface area contributed by atoms with Crippen LogP contribution >= 0.6 is 11.3 Å². The van der Waals surface area contributed by atoms with Crippen LogP contribution in [0.15, 0.2) is 29.6 Å². The van der Waals surface area contributed by atoms with E-state index in [0.29, 0.717) is 17.6 Å². The summed E-state index contributed by atoms with van der Waals surface area (Å²) in [5, 5.41) is 14.6. The summed E-state index contributed by atoms with van der Waals surface area (Å²) >= 11 is 1.44. The lowest BCUT2D eigenvalue weighted by atomic mass is 10.1. The fraction of sp³-hybridized carbons (Fsp3) is 0.412. The number of hydrogen-bond acceptors (Lipinski definition) is 5. The van der Waals surface area contributed by atoms with Gasteiger partial charge in [0.2, 0.25) is 5.91 Å². The molecule has 23 heavy (non-hydrogen) atoms. The van der Waals surface area contributed by atoms with E-state index in [1.54, 1.807) is 0 Å². The lowest BCUT2D eigenvalue weighted by Crippen LogP contribution is -2.31. The summed E-state index contributed by atoms with van der Waals surface area (Å²) in [6, 6.07) is 8.18. The predicted molar refractivity (Wildman–Crippen MR) is 92.5 cm³/mol. The highest BCUT2D eigenvalue weighted by molar-refractivity contribution is 7.14. The van der Waals surface area contributed by atoms with E-state index in [1.807, 2.05) is 17.5 Å². The van der Waals surface area contributed by atoms with Crippen molar-refractivity contribution in [3.63, 3.8) is 0 Å². The van der Waals surface area contributed by atoms with E-state index in [0.717, 1.165) is 30.8 Å². The van der Waals surface area contributed by atoms with E-state index in [2.05, 4.69) is 34.3 Å².